The molecule has 3 atom stereocenters. The Hall–Kier alpha value is -2.37. The summed E-state index contributed by atoms with van der Waals surface area (Å²) in [6.07, 6.45) is 6.36. The molecule has 0 saturated heterocycles. The van der Waals surface area contributed by atoms with Gasteiger partial charge < -0.3 is 15.5 Å². The van der Waals surface area contributed by atoms with Crippen LogP contribution in [0.5, 0.6) is 0 Å². The summed E-state index contributed by atoms with van der Waals surface area (Å²) in [5.41, 5.74) is 6.55. The van der Waals surface area contributed by atoms with Crippen LogP contribution in [-0.2, 0) is 0 Å². The van der Waals surface area contributed by atoms with Gasteiger partial charge in [0, 0.05) is 12.2 Å². The average molecular weight is 314 g/mol. The number of hydrogen-bond donors (Lipinski definition) is 2. The first-order chi connectivity index (χ1) is 11.0. The molecular weight excluding hydrogens is 292 g/mol. The Bertz CT molecular complexity index is 680. The number of aromatic nitrogens is 2. The van der Waals surface area contributed by atoms with E-state index in [9.17, 15) is 4.79 Å². The lowest BCUT2D eigenvalue weighted by molar-refractivity contribution is 0.0886. The van der Waals surface area contributed by atoms with Crippen molar-refractivity contribution in [1.29, 1.82) is 0 Å². The third kappa shape index (κ3) is 3.36. The number of amides is 1. The van der Waals surface area contributed by atoms with Crippen molar-refractivity contribution in [3.63, 3.8) is 0 Å². The molecule has 1 aliphatic rings. The van der Waals surface area contributed by atoms with Crippen LogP contribution >= 0.6 is 0 Å². The predicted molar refractivity (Wildman–Crippen MR) is 87.6 cm³/mol. The minimum absolute atomic E-state index is 0.186. The molecule has 1 aliphatic carbocycles. The molecule has 23 heavy (non-hydrogen) atoms. The number of hydrogen-bond acceptors (Lipinski definition) is 5. The Morgan fingerprint density at radius 3 is 2.91 bits per heavy atom. The second-order valence-corrected chi connectivity index (χ2v) is 6.36. The van der Waals surface area contributed by atoms with Gasteiger partial charge in [-0.3, -0.25) is 4.79 Å². The van der Waals surface area contributed by atoms with Crippen molar-refractivity contribution in [1.82, 2.24) is 15.3 Å². The Morgan fingerprint density at radius 2 is 2.17 bits per heavy atom. The summed E-state index contributed by atoms with van der Waals surface area (Å²) in [6, 6.07) is 3.63. The lowest BCUT2D eigenvalue weighted by atomic mass is 9.78. The van der Waals surface area contributed by atoms with Crippen molar-refractivity contribution in [2.45, 2.75) is 39.2 Å². The fourth-order valence-electron chi connectivity index (χ4n) is 3.07. The standard InChI is InChI=1S/C17H22N4O2/c1-10-4-3-5-13(11(10)2)20-16(22)14-9-23-17(21-14)12-6-7-15(18)19-8-12/h6-11,13H,3-5H2,1-2H3,(H2,18,19)(H,20,22). The topological polar surface area (TPSA) is 94.0 Å². The smallest absolute Gasteiger partial charge is 0.273 e. The van der Waals surface area contributed by atoms with Gasteiger partial charge in [0.2, 0.25) is 5.89 Å². The zero-order valence-corrected chi connectivity index (χ0v) is 13.5. The van der Waals surface area contributed by atoms with Crippen LogP contribution < -0.4 is 11.1 Å². The van der Waals surface area contributed by atoms with Crippen LogP contribution in [0, 0.1) is 11.8 Å². The van der Waals surface area contributed by atoms with Crippen LogP contribution in [-0.4, -0.2) is 21.9 Å². The molecule has 122 valence electrons. The van der Waals surface area contributed by atoms with E-state index in [-0.39, 0.29) is 11.9 Å². The molecule has 1 amide bonds. The van der Waals surface area contributed by atoms with Crippen molar-refractivity contribution < 1.29 is 9.21 Å². The van der Waals surface area contributed by atoms with Gasteiger partial charge in [0.1, 0.15) is 12.1 Å². The molecule has 1 saturated carbocycles. The Morgan fingerprint density at radius 1 is 1.35 bits per heavy atom. The lowest BCUT2D eigenvalue weighted by Crippen LogP contribution is -2.43. The number of pyridine rings is 1. The first-order valence-electron chi connectivity index (χ1n) is 8.03. The number of anilines is 1. The molecule has 0 aromatic carbocycles. The van der Waals surface area contributed by atoms with Gasteiger partial charge in [-0.15, -0.1) is 0 Å². The lowest BCUT2D eigenvalue weighted by Gasteiger charge is -2.34. The van der Waals surface area contributed by atoms with E-state index in [1.165, 1.54) is 12.7 Å². The van der Waals surface area contributed by atoms with E-state index >= 15 is 0 Å². The minimum Gasteiger partial charge on any atom is -0.444 e. The Kier molecular flexibility index (Phi) is 4.32. The maximum atomic E-state index is 12.4. The normalized spacial score (nSPS) is 24.3. The predicted octanol–water partition coefficient (Wildman–Crippen LogP) is 2.87. The van der Waals surface area contributed by atoms with Crippen molar-refractivity contribution >= 4 is 11.7 Å². The molecule has 1 fully saturated rings. The second-order valence-electron chi connectivity index (χ2n) is 6.36. The van der Waals surface area contributed by atoms with Gasteiger partial charge in [-0.1, -0.05) is 26.7 Å². The average Bonchev–Trinajstić information content (AvgIpc) is 3.02. The minimum atomic E-state index is -0.186. The van der Waals surface area contributed by atoms with Crippen molar-refractivity contribution in [3.05, 3.63) is 30.3 Å². The number of nitrogens with zero attached hydrogens (tertiary/aromatic N) is 2. The summed E-state index contributed by atoms with van der Waals surface area (Å²) < 4.78 is 5.40. The summed E-state index contributed by atoms with van der Waals surface area (Å²) in [5.74, 6) is 1.71. The quantitative estimate of drug-likeness (QED) is 0.908. The highest BCUT2D eigenvalue weighted by molar-refractivity contribution is 5.92. The van der Waals surface area contributed by atoms with E-state index in [4.69, 9.17) is 10.2 Å². The molecule has 0 radical (unpaired) electrons. The third-order valence-corrected chi connectivity index (χ3v) is 4.79. The molecule has 3 unspecified atom stereocenters. The van der Waals surface area contributed by atoms with E-state index in [0.29, 0.717) is 34.8 Å². The summed E-state index contributed by atoms with van der Waals surface area (Å²) in [7, 11) is 0. The Balaban J connectivity index is 1.70. The molecular formula is C17H22N4O2. The molecule has 2 aromatic rings. The van der Waals surface area contributed by atoms with Crippen LogP contribution in [0.4, 0.5) is 5.82 Å². The van der Waals surface area contributed by atoms with Gasteiger partial charge >= 0.3 is 0 Å². The molecule has 0 spiro atoms. The molecule has 6 nitrogen and oxygen atoms in total. The SMILES string of the molecule is CC1CCCC(NC(=O)c2coc(-c3ccc(N)nc3)n2)C1C. The molecule has 0 bridgehead atoms. The van der Waals surface area contributed by atoms with Crippen molar-refractivity contribution in [2.75, 3.05) is 5.73 Å². The fourth-order valence-corrected chi connectivity index (χ4v) is 3.07. The number of nitrogen functional groups attached to an aromatic ring is 1. The van der Waals surface area contributed by atoms with E-state index in [2.05, 4.69) is 29.1 Å². The molecule has 6 heteroatoms. The highest BCUT2D eigenvalue weighted by Crippen LogP contribution is 2.29. The summed E-state index contributed by atoms with van der Waals surface area (Å²) in [4.78, 5) is 20.7. The maximum absolute atomic E-state index is 12.4. The van der Waals surface area contributed by atoms with Gasteiger partial charge in [-0.2, -0.15) is 0 Å². The largest absolute Gasteiger partial charge is 0.444 e. The number of nitrogens with two attached hydrogens (primary N) is 1. The zero-order chi connectivity index (χ0) is 16.4. The van der Waals surface area contributed by atoms with Crippen LogP contribution in [0.15, 0.2) is 29.0 Å². The molecule has 0 aliphatic heterocycles. The fraction of sp³-hybridized carbons (Fsp3) is 0.471. The number of carbonyl (C=O) groups excluding carboxylic acids is 1. The van der Waals surface area contributed by atoms with Gasteiger partial charge in [0.15, 0.2) is 5.69 Å². The van der Waals surface area contributed by atoms with E-state index < -0.39 is 0 Å². The highest BCUT2D eigenvalue weighted by atomic mass is 16.3. The molecule has 2 aromatic heterocycles. The van der Waals surface area contributed by atoms with Crippen LogP contribution in [0.3, 0.4) is 0 Å². The number of nitrogens with one attached hydrogen (secondary N) is 1. The summed E-state index contributed by atoms with van der Waals surface area (Å²) in [5, 5.41) is 3.09. The number of rotatable bonds is 3. The van der Waals surface area contributed by atoms with E-state index in [1.807, 2.05) is 0 Å². The van der Waals surface area contributed by atoms with Crippen LogP contribution in [0.25, 0.3) is 11.5 Å². The van der Waals surface area contributed by atoms with Gasteiger partial charge in [0.05, 0.1) is 5.56 Å². The summed E-state index contributed by atoms with van der Waals surface area (Å²) >= 11 is 0. The van der Waals surface area contributed by atoms with Gasteiger partial charge in [-0.05, 0) is 30.4 Å². The van der Waals surface area contributed by atoms with Crippen molar-refractivity contribution in [2.24, 2.45) is 11.8 Å². The van der Waals surface area contributed by atoms with Crippen LogP contribution in [0.1, 0.15) is 43.6 Å². The van der Waals surface area contributed by atoms with E-state index in [0.717, 1.165) is 12.8 Å². The zero-order valence-electron chi connectivity index (χ0n) is 13.5. The molecule has 2 heterocycles. The van der Waals surface area contributed by atoms with E-state index in [1.54, 1.807) is 18.3 Å². The molecule has 3 N–H and O–H groups in total. The summed E-state index contributed by atoms with van der Waals surface area (Å²) in [6.45, 7) is 4.44. The van der Waals surface area contributed by atoms with Crippen LogP contribution in [0.2, 0.25) is 0 Å². The highest BCUT2D eigenvalue weighted by Gasteiger charge is 2.29. The monoisotopic (exact) mass is 314 g/mol. The maximum Gasteiger partial charge on any atom is 0.273 e. The first-order valence-corrected chi connectivity index (χ1v) is 8.03. The number of carbonyl (C=O) groups is 1. The Labute approximate surface area is 135 Å². The van der Waals surface area contributed by atoms with Crippen molar-refractivity contribution in [3.8, 4) is 11.5 Å². The number of oxazole rings is 1. The first kappa shape index (κ1) is 15.5. The second kappa shape index (κ2) is 6.40. The van der Waals surface area contributed by atoms with Gasteiger partial charge in [-0.25, -0.2) is 9.97 Å². The van der Waals surface area contributed by atoms with Gasteiger partial charge in [0.25, 0.3) is 5.91 Å². The third-order valence-electron chi connectivity index (χ3n) is 4.79. The molecule has 3 rings (SSSR count).